The smallest absolute Gasteiger partial charge is 0.272 e. The normalized spacial score (nSPS) is 12.1. The summed E-state index contributed by atoms with van der Waals surface area (Å²) in [5, 5.41) is 16.5. The van der Waals surface area contributed by atoms with Crippen LogP contribution in [0, 0.1) is 6.92 Å². The molecule has 2 heterocycles. The van der Waals surface area contributed by atoms with E-state index >= 15 is 0 Å². The molecule has 0 unspecified atom stereocenters. The van der Waals surface area contributed by atoms with E-state index in [1.807, 2.05) is 13.8 Å². The Labute approximate surface area is 110 Å². The number of tetrazole rings is 1. The number of nitrogens with zero attached hydrogens (tertiary/aromatic N) is 5. The molecule has 8 heteroatoms. The van der Waals surface area contributed by atoms with Crippen molar-refractivity contribution < 1.29 is 4.79 Å². The van der Waals surface area contributed by atoms with Crippen molar-refractivity contribution in [1.82, 2.24) is 35.9 Å². The lowest BCUT2D eigenvalue weighted by Crippen LogP contribution is -2.30. The van der Waals surface area contributed by atoms with E-state index < -0.39 is 0 Å². The van der Waals surface area contributed by atoms with Gasteiger partial charge in [-0.3, -0.25) is 9.78 Å². The minimum absolute atomic E-state index is 0.273. The van der Waals surface area contributed by atoms with Crippen molar-refractivity contribution in [2.75, 3.05) is 0 Å². The van der Waals surface area contributed by atoms with Crippen molar-refractivity contribution in [2.24, 2.45) is 0 Å². The summed E-state index contributed by atoms with van der Waals surface area (Å²) in [6.45, 7) is 3.83. The molecule has 100 valence electrons. The number of H-pyrrole nitrogens is 1. The molecule has 0 bridgehead atoms. The number of nitrogens with one attached hydrogen (secondary N) is 2. The molecule has 8 nitrogen and oxygen atoms in total. The van der Waals surface area contributed by atoms with E-state index in [0.29, 0.717) is 5.82 Å². The zero-order chi connectivity index (χ0) is 13.7. The highest BCUT2D eigenvalue weighted by atomic mass is 16.2. The highest BCUT2D eigenvalue weighted by Gasteiger charge is 2.19. The molecule has 2 aromatic rings. The van der Waals surface area contributed by atoms with Gasteiger partial charge in [0.05, 0.1) is 17.9 Å². The third-order valence-corrected chi connectivity index (χ3v) is 2.57. The fourth-order valence-electron chi connectivity index (χ4n) is 1.61. The van der Waals surface area contributed by atoms with E-state index in [1.54, 1.807) is 6.20 Å². The zero-order valence-corrected chi connectivity index (χ0v) is 10.8. The summed E-state index contributed by atoms with van der Waals surface area (Å²) in [4.78, 5) is 20.1. The molecule has 2 rings (SSSR count). The van der Waals surface area contributed by atoms with Crippen LogP contribution in [0.5, 0.6) is 0 Å². The molecule has 1 atom stereocenters. The van der Waals surface area contributed by atoms with Crippen molar-refractivity contribution in [2.45, 2.75) is 32.7 Å². The molecule has 1 amide bonds. The molecule has 0 saturated heterocycles. The van der Waals surface area contributed by atoms with Gasteiger partial charge in [0.1, 0.15) is 5.69 Å². The summed E-state index contributed by atoms with van der Waals surface area (Å²) >= 11 is 0. The molecule has 2 N–H and O–H groups in total. The van der Waals surface area contributed by atoms with Gasteiger partial charge in [-0.25, -0.2) is 4.98 Å². The first-order valence-electron chi connectivity index (χ1n) is 6.03. The monoisotopic (exact) mass is 261 g/mol. The molecule has 0 spiro atoms. The average molecular weight is 261 g/mol. The van der Waals surface area contributed by atoms with Crippen LogP contribution in [0.1, 0.15) is 47.8 Å². The summed E-state index contributed by atoms with van der Waals surface area (Å²) in [7, 11) is 0. The first-order valence-corrected chi connectivity index (χ1v) is 6.03. The van der Waals surface area contributed by atoms with Gasteiger partial charge in [-0.15, -0.1) is 10.2 Å². The van der Waals surface area contributed by atoms with E-state index in [2.05, 4.69) is 35.9 Å². The summed E-state index contributed by atoms with van der Waals surface area (Å²) in [5.74, 6) is 0.172. The Bertz CT molecular complexity index is 522. The highest BCUT2D eigenvalue weighted by Crippen LogP contribution is 2.13. The quantitative estimate of drug-likeness (QED) is 0.814. The van der Waals surface area contributed by atoms with Gasteiger partial charge in [0.25, 0.3) is 5.91 Å². The first kappa shape index (κ1) is 13.1. The van der Waals surface area contributed by atoms with Gasteiger partial charge in [-0.05, 0) is 13.3 Å². The van der Waals surface area contributed by atoms with Crippen LogP contribution in [0.3, 0.4) is 0 Å². The Morgan fingerprint density at radius 1 is 1.42 bits per heavy atom. The van der Waals surface area contributed by atoms with Gasteiger partial charge in [-0.2, -0.15) is 5.21 Å². The third-order valence-electron chi connectivity index (χ3n) is 2.57. The number of aromatic amines is 1. The molecule has 0 fully saturated rings. The second-order valence-corrected chi connectivity index (χ2v) is 4.13. The van der Waals surface area contributed by atoms with Crippen molar-refractivity contribution in [3.05, 3.63) is 29.6 Å². The third kappa shape index (κ3) is 3.30. The lowest BCUT2D eigenvalue weighted by molar-refractivity contribution is 0.0927. The molecule has 0 aromatic carbocycles. The molecule has 0 radical (unpaired) electrons. The van der Waals surface area contributed by atoms with E-state index in [1.165, 1.54) is 6.20 Å². The van der Waals surface area contributed by atoms with Gasteiger partial charge >= 0.3 is 0 Å². The molecule has 0 saturated carbocycles. The van der Waals surface area contributed by atoms with Crippen molar-refractivity contribution >= 4 is 5.91 Å². The number of amides is 1. The Morgan fingerprint density at radius 3 is 2.84 bits per heavy atom. The lowest BCUT2D eigenvalue weighted by Gasteiger charge is -2.13. The average Bonchev–Trinajstić information content (AvgIpc) is 2.92. The fraction of sp³-hybridized carbons (Fsp3) is 0.455. The summed E-state index contributed by atoms with van der Waals surface area (Å²) in [6, 6.07) is -0.278. The van der Waals surface area contributed by atoms with Crippen LogP contribution in [0.25, 0.3) is 0 Å². The number of aryl methyl sites for hydroxylation is 1. The number of aromatic nitrogens is 6. The van der Waals surface area contributed by atoms with Crippen LogP contribution in [-0.2, 0) is 0 Å². The molecule has 2 aromatic heterocycles. The van der Waals surface area contributed by atoms with E-state index in [0.717, 1.165) is 18.5 Å². The fourth-order valence-corrected chi connectivity index (χ4v) is 1.61. The van der Waals surface area contributed by atoms with Gasteiger partial charge < -0.3 is 5.32 Å². The van der Waals surface area contributed by atoms with E-state index in [4.69, 9.17) is 0 Å². The Morgan fingerprint density at radius 2 is 2.26 bits per heavy atom. The Kier molecular flexibility index (Phi) is 4.11. The van der Waals surface area contributed by atoms with E-state index in [9.17, 15) is 4.79 Å². The van der Waals surface area contributed by atoms with Crippen LogP contribution in [0.2, 0.25) is 0 Å². The first-order chi connectivity index (χ1) is 9.20. The van der Waals surface area contributed by atoms with Crippen LogP contribution in [0.15, 0.2) is 12.4 Å². The van der Waals surface area contributed by atoms with E-state index in [-0.39, 0.29) is 17.6 Å². The zero-order valence-electron chi connectivity index (χ0n) is 10.8. The van der Waals surface area contributed by atoms with Crippen LogP contribution >= 0.6 is 0 Å². The van der Waals surface area contributed by atoms with Gasteiger partial charge in [-0.1, -0.05) is 18.6 Å². The van der Waals surface area contributed by atoms with Crippen molar-refractivity contribution in [3.8, 4) is 0 Å². The number of hydrogen-bond donors (Lipinski definition) is 2. The second-order valence-electron chi connectivity index (χ2n) is 4.13. The number of rotatable bonds is 5. The van der Waals surface area contributed by atoms with Gasteiger partial charge in [0.15, 0.2) is 5.82 Å². The highest BCUT2D eigenvalue weighted by molar-refractivity contribution is 5.92. The van der Waals surface area contributed by atoms with Crippen LogP contribution < -0.4 is 5.32 Å². The number of carbonyl (C=O) groups is 1. The molecular weight excluding hydrogens is 246 g/mol. The standard InChI is InChI=1S/C11H15N7O/c1-3-4-8(10-15-17-18-16-10)14-11(19)9-6-12-7(2)5-13-9/h5-6,8H,3-4H2,1-2H3,(H,14,19)(H,15,16,17,18)/t8-/m1/s1. The maximum atomic E-state index is 12.0. The summed E-state index contributed by atoms with van der Waals surface area (Å²) in [6.07, 6.45) is 4.62. The largest absolute Gasteiger partial charge is 0.340 e. The SMILES string of the molecule is CCC[C@@H](NC(=O)c1cnc(C)cn1)c1nn[nH]n1. The number of hydrogen-bond acceptors (Lipinski definition) is 6. The molecule has 0 aliphatic carbocycles. The van der Waals surface area contributed by atoms with Gasteiger partial charge in [0, 0.05) is 6.20 Å². The van der Waals surface area contributed by atoms with Gasteiger partial charge in [0.2, 0.25) is 0 Å². The molecule has 19 heavy (non-hydrogen) atoms. The minimum atomic E-state index is -0.296. The predicted molar refractivity (Wildman–Crippen MR) is 66.1 cm³/mol. The summed E-state index contributed by atoms with van der Waals surface area (Å²) < 4.78 is 0. The van der Waals surface area contributed by atoms with Crippen molar-refractivity contribution in [3.63, 3.8) is 0 Å². The number of carbonyl (C=O) groups excluding carboxylic acids is 1. The van der Waals surface area contributed by atoms with Crippen LogP contribution in [0.4, 0.5) is 0 Å². The van der Waals surface area contributed by atoms with Crippen LogP contribution in [-0.4, -0.2) is 36.5 Å². The molecule has 0 aliphatic heterocycles. The second kappa shape index (κ2) is 5.98. The predicted octanol–water partition coefficient (Wildman–Crippen LogP) is 0.569. The Hall–Kier alpha value is -2.38. The van der Waals surface area contributed by atoms with Crippen molar-refractivity contribution in [1.29, 1.82) is 0 Å². The minimum Gasteiger partial charge on any atom is -0.340 e. The maximum Gasteiger partial charge on any atom is 0.272 e. The molecule has 0 aliphatic rings. The molecular formula is C11H15N7O. The Balaban J connectivity index is 2.09. The lowest BCUT2D eigenvalue weighted by atomic mass is 10.1. The summed E-state index contributed by atoms with van der Waals surface area (Å²) in [5.41, 5.74) is 1.04. The topological polar surface area (TPSA) is 109 Å². The maximum absolute atomic E-state index is 12.0.